The first-order valence-corrected chi connectivity index (χ1v) is 8.52. The van der Waals surface area contributed by atoms with Crippen molar-refractivity contribution in [3.63, 3.8) is 0 Å². The molecule has 1 aromatic carbocycles. The second kappa shape index (κ2) is 8.87. The average Bonchev–Trinajstić information content (AvgIpc) is 2.45. The minimum Gasteiger partial charge on any atom is -0.356 e. The second-order valence-corrected chi connectivity index (χ2v) is 6.81. The molecular weight excluding hydrogens is 272 g/mol. The van der Waals surface area contributed by atoms with E-state index < -0.39 is 10.8 Å². The van der Waals surface area contributed by atoms with Crippen molar-refractivity contribution in [1.29, 1.82) is 0 Å². The van der Waals surface area contributed by atoms with Crippen LogP contribution in [0.3, 0.4) is 0 Å². The van der Waals surface area contributed by atoms with Crippen LogP contribution in [0.25, 0.3) is 0 Å². The fraction of sp³-hybridized carbons (Fsp3) is 0.533. The summed E-state index contributed by atoms with van der Waals surface area (Å²) >= 11 is 0. The molecule has 4 nitrogen and oxygen atoms in total. The third-order valence-electron chi connectivity index (χ3n) is 3.35. The van der Waals surface area contributed by atoms with E-state index in [1.54, 1.807) is 6.26 Å². The van der Waals surface area contributed by atoms with E-state index in [2.05, 4.69) is 5.32 Å². The van der Waals surface area contributed by atoms with Crippen LogP contribution in [-0.4, -0.2) is 28.2 Å². The lowest BCUT2D eigenvalue weighted by Gasteiger charge is -2.12. The molecule has 3 N–H and O–H groups in total. The molecule has 1 amide bonds. The van der Waals surface area contributed by atoms with Gasteiger partial charge in [0.2, 0.25) is 5.91 Å². The molecular formula is C15H24N2O2S. The zero-order chi connectivity index (χ0) is 15.0. The normalized spacial score (nSPS) is 15.3. The maximum absolute atomic E-state index is 11.7. The number of carbonyl (C=O) groups is 1. The van der Waals surface area contributed by atoms with Gasteiger partial charge in [-0.2, -0.15) is 0 Å². The topological polar surface area (TPSA) is 72.2 Å². The van der Waals surface area contributed by atoms with E-state index in [9.17, 15) is 9.00 Å². The highest BCUT2D eigenvalue weighted by atomic mass is 32.2. The van der Waals surface area contributed by atoms with Gasteiger partial charge in [-0.15, -0.1) is 0 Å². The Hall–Kier alpha value is -1.20. The van der Waals surface area contributed by atoms with Gasteiger partial charge in [0.25, 0.3) is 0 Å². The van der Waals surface area contributed by atoms with Crippen molar-refractivity contribution < 1.29 is 9.00 Å². The average molecular weight is 296 g/mol. The predicted octanol–water partition coefficient (Wildman–Crippen LogP) is 1.74. The minimum atomic E-state index is -0.832. The van der Waals surface area contributed by atoms with Crippen LogP contribution in [0, 0.1) is 0 Å². The summed E-state index contributed by atoms with van der Waals surface area (Å²) in [5.41, 5.74) is 7.09. The van der Waals surface area contributed by atoms with Gasteiger partial charge in [0.05, 0.1) is 0 Å². The van der Waals surface area contributed by atoms with Gasteiger partial charge in [-0.25, -0.2) is 0 Å². The smallest absolute Gasteiger partial charge is 0.220 e. The van der Waals surface area contributed by atoms with Crippen molar-refractivity contribution >= 4 is 16.7 Å². The lowest BCUT2D eigenvalue weighted by atomic mass is 10.0. The third kappa shape index (κ3) is 6.30. The fourth-order valence-electron chi connectivity index (χ4n) is 1.82. The second-order valence-electron chi connectivity index (χ2n) is 5.00. The number of hydrogen-bond donors (Lipinski definition) is 2. The van der Waals surface area contributed by atoms with Gasteiger partial charge < -0.3 is 11.1 Å². The standard InChI is InChI=1S/C15H24N2O2S/c1-12(20(2)19)10-11-17-15(18)9-8-14(16)13-6-4-3-5-7-13/h3-7,12,14H,8-11,16H2,1-2H3,(H,17,18). The Labute approximate surface area is 123 Å². The Morgan fingerprint density at radius 1 is 1.30 bits per heavy atom. The van der Waals surface area contributed by atoms with E-state index in [0.29, 0.717) is 19.4 Å². The van der Waals surface area contributed by atoms with Crippen LogP contribution in [0.2, 0.25) is 0 Å². The summed E-state index contributed by atoms with van der Waals surface area (Å²) in [5, 5.41) is 2.96. The van der Waals surface area contributed by atoms with Gasteiger partial charge in [-0.3, -0.25) is 9.00 Å². The minimum absolute atomic E-state index is 0.00506. The molecule has 5 heteroatoms. The zero-order valence-corrected chi connectivity index (χ0v) is 13.0. The van der Waals surface area contributed by atoms with Gasteiger partial charge >= 0.3 is 0 Å². The number of nitrogens with two attached hydrogens (primary N) is 1. The Balaban J connectivity index is 2.22. The molecule has 0 bridgehead atoms. The number of amides is 1. The third-order valence-corrected chi connectivity index (χ3v) is 4.72. The molecule has 20 heavy (non-hydrogen) atoms. The van der Waals surface area contributed by atoms with E-state index in [1.165, 1.54) is 0 Å². The number of hydrogen-bond acceptors (Lipinski definition) is 3. The van der Waals surface area contributed by atoms with Gasteiger partial charge in [-0.1, -0.05) is 37.3 Å². The van der Waals surface area contributed by atoms with Crippen molar-refractivity contribution in [2.24, 2.45) is 5.73 Å². The van der Waals surface area contributed by atoms with Crippen molar-refractivity contribution in [2.75, 3.05) is 12.8 Å². The van der Waals surface area contributed by atoms with Gasteiger partial charge in [-0.05, 0) is 18.4 Å². The van der Waals surface area contributed by atoms with E-state index >= 15 is 0 Å². The summed E-state index contributed by atoms with van der Waals surface area (Å²) in [6.07, 6.45) is 3.47. The molecule has 0 spiro atoms. The van der Waals surface area contributed by atoms with Crippen LogP contribution in [0.4, 0.5) is 0 Å². The highest BCUT2D eigenvalue weighted by molar-refractivity contribution is 7.84. The molecule has 112 valence electrons. The highest BCUT2D eigenvalue weighted by Crippen LogP contribution is 2.14. The van der Waals surface area contributed by atoms with Crippen LogP contribution in [0.15, 0.2) is 30.3 Å². The monoisotopic (exact) mass is 296 g/mol. The Morgan fingerprint density at radius 3 is 2.55 bits per heavy atom. The summed E-state index contributed by atoms with van der Waals surface area (Å²) in [7, 11) is -0.832. The SMILES string of the molecule is CC(CCNC(=O)CCC(N)c1ccccc1)S(C)=O. The molecule has 0 saturated carbocycles. The predicted molar refractivity (Wildman–Crippen MR) is 83.8 cm³/mol. The first-order valence-electron chi connectivity index (χ1n) is 6.90. The Bertz CT molecular complexity index is 437. The molecule has 1 rings (SSSR count). The van der Waals surface area contributed by atoms with Crippen molar-refractivity contribution in [3.05, 3.63) is 35.9 Å². The Morgan fingerprint density at radius 2 is 1.95 bits per heavy atom. The molecule has 3 unspecified atom stereocenters. The fourth-order valence-corrected chi connectivity index (χ4v) is 2.27. The maximum atomic E-state index is 11.7. The quantitative estimate of drug-likeness (QED) is 0.767. The number of benzene rings is 1. The van der Waals surface area contributed by atoms with Gasteiger partial charge in [0.1, 0.15) is 0 Å². The van der Waals surface area contributed by atoms with E-state index in [1.807, 2.05) is 37.3 Å². The van der Waals surface area contributed by atoms with E-state index in [0.717, 1.165) is 12.0 Å². The summed E-state index contributed by atoms with van der Waals surface area (Å²) in [4.78, 5) is 11.7. The molecule has 3 atom stereocenters. The lowest BCUT2D eigenvalue weighted by molar-refractivity contribution is -0.121. The molecule has 0 aliphatic rings. The van der Waals surface area contributed by atoms with Crippen LogP contribution in [-0.2, 0) is 15.6 Å². The molecule has 0 heterocycles. The van der Waals surface area contributed by atoms with Crippen LogP contribution in [0.5, 0.6) is 0 Å². The molecule has 0 radical (unpaired) electrons. The first kappa shape index (κ1) is 16.9. The summed E-state index contributed by atoms with van der Waals surface area (Å²) in [5.74, 6) is 0.00506. The number of nitrogens with one attached hydrogen (secondary N) is 1. The van der Waals surface area contributed by atoms with Crippen LogP contribution in [0.1, 0.15) is 37.8 Å². The summed E-state index contributed by atoms with van der Waals surface area (Å²) in [6.45, 7) is 2.49. The van der Waals surface area contributed by atoms with Crippen molar-refractivity contribution in [2.45, 2.75) is 37.5 Å². The number of rotatable bonds is 8. The maximum Gasteiger partial charge on any atom is 0.220 e. The van der Waals surface area contributed by atoms with Gasteiger partial charge in [0.15, 0.2) is 0 Å². The zero-order valence-electron chi connectivity index (χ0n) is 12.2. The van der Waals surface area contributed by atoms with Crippen LogP contribution < -0.4 is 11.1 Å². The summed E-state index contributed by atoms with van der Waals surface area (Å²) < 4.78 is 11.2. The lowest BCUT2D eigenvalue weighted by Crippen LogP contribution is -2.28. The molecule has 1 aromatic rings. The molecule has 0 aromatic heterocycles. The number of carbonyl (C=O) groups excluding carboxylic acids is 1. The van der Waals surface area contributed by atoms with Crippen molar-refractivity contribution in [1.82, 2.24) is 5.32 Å². The first-order chi connectivity index (χ1) is 9.50. The van der Waals surface area contributed by atoms with E-state index in [-0.39, 0.29) is 17.2 Å². The highest BCUT2D eigenvalue weighted by Gasteiger charge is 2.10. The molecule has 0 fully saturated rings. The van der Waals surface area contributed by atoms with Gasteiger partial charge in [0, 0.05) is 41.3 Å². The molecule has 0 aliphatic carbocycles. The van der Waals surface area contributed by atoms with E-state index in [4.69, 9.17) is 5.73 Å². The largest absolute Gasteiger partial charge is 0.356 e. The van der Waals surface area contributed by atoms with Crippen molar-refractivity contribution in [3.8, 4) is 0 Å². The molecule has 0 saturated heterocycles. The Kier molecular flexibility index (Phi) is 7.47. The molecule has 0 aliphatic heterocycles. The summed E-state index contributed by atoms with van der Waals surface area (Å²) in [6, 6.07) is 9.68. The van der Waals surface area contributed by atoms with Crippen LogP contribution >= 0.6 is 0 Å².